The van der Waals surface area contributed by atoms with Crippen LogP contribution in [0.4, 0.5) is 0 Å². The van der Waals surface area contributed by atoms with Crippen molar-refractivity contribution in [1.82, 2.24) is 5.32 Å². The third-order valence-corrected chi connectivity index (χ3v) is 3.84. The molecule has 1 N–H and O–H groups in total. The van der Waals surface area contributed by atoms with Gasteiger partial charge in [0.05, 0.1) is 7.11 Å². The SMILES string of the molecule is CCCc1ccc(C(Cc2cccc(OC)c2)NC)cc1. The summed E-state index contributed by atoms with van der Waals surface area (Å²) < 4.78 is 5.30. The minimum absolute atomic E-state index is 0.327. The minimum Gasteiger partial charge on any atom is -0.497 e. The maximum atomic E-state index is 5.30. The Kier molecular flexibility index (Phi) is 5.82. The molecule has 0 heterocycles. The van der Waals surface area contributed by atoms with Gasteiger partial charge in [0, 0.05) is 6.04 Å². The average Bonchev–Trinajstić information content (AvgIpc) is 2.54. The smallest absolute Gasteiger partial charge is 0.119 e. The van der Waals surface area contributed by atoms with Gasteiger partial charge in [0.2, 0.25) is 0 Å². The summed E-state index contributed by atoms with van der Waals surface area (Å²) in [5.74, 6) is 0.917. The largest absolute Gasteiger partial charge is 0.497 e. The van der Waals surface area contributed by atoms with E-state index in [1.807, 2.05) is 19.2 Å². The van der Waals surface area contributed by atoms with E-state index in [0.717, 1.165) is 18.6 Å². The molecule has 0 spiro atoms. The molecule has 0 amide bonds. The number of hydrogen-bond acceptors (Lipinski definition) is 2. The second kappa shape index (κ2) is 7.84. The predicted octanol–water partition coefficient (Wildman–Crippen LogP) is 4.15. The molecule has 0 aromatic heterocycles. The quantitative estimate of drug-likeness (QED) is 0.824. The van der Waals surface area contributed by atoms with Gasteiger partial charge in [-0.2, -0.15) is 0 Å². The molecule has 2 aromatic carbocycles. The number of likely N-dealkylation sites (N-methyl/N-ethyl adjacent to an activating group) is 1. The molecule has 1 atom stereocenters. The Morgan fingerprint density at radius 2 is 1.81 bits per heavy atom. The van der Waals surface area contributed by atoms with E-state index >= 15 is 0 Å². The lowest BCUT2D eigenvalue weighted by Crippen LogP contribution is -2.18. The zero-order valence-electron chi connectivity index (χ0n) is 13.2. The van der Waals surface area contributed by atoms with Crippen LogP contribution < -0.4 is 10.1 Å². The Labute approximate surface area is 128 Å². The Bertz CT molecular complexity index is 548. The number of nitrogens with one attached hydrogen (secondary N) is 1. The number of benzene rings is 2. The molecular weight excluding hydrogens is 258 g/mol. The summed E-state index contributed by atoms with van der Waals surface area (Å²) in [7, 11) is 3.73. The summed E-state index contributed by atoms with van der Waals surface area (Å²) in [5.41, 5.74) is 4.03. The fourth-order valence-electron chi connectivity index (χ4n) is 2.63. The van der Waals surface area contributed by atoms with Gasteiger partial charge in [0.1, 0.15) is 5.75 Å². The summed E-state index contributed by atoms with van der Waals surface area (Å²) in [6.07, 6.45) is 3.31. The molecule has 0 saturated carbocycles. The van der Waals surface area contributed by atoms with Gasteiger partial charge in [-0.25, -0.2) is 0 Å². The maximum absolute atomic E-state index is 5.30. The molecule has 1 unspecified atom stereocenters. The van der Waals surface area contributed by atoms with E-state index in [2.05, 4.69) is 48.6 Å². The van der Waals surface area contributed by atoms with Crippen molar-refractivity contribution in [2.75, 3.05) is 14.2 Å². The van der Waals surface area contributed by atoms with Crippen LogP contribution in [0.3, 0.4) is 0 Å². The van der Waals surface area contributed by atoms with Crippen molar-refractivity contribution in [2.24, 2.45) is 0 Å². The first-order chi connectivity index (χ1) is 10.3. The van der Waals surface area contributed by atoms with Crippen LogP contribution in [0.1, 0.15) is 36.1 Å². The second-order valence-corrected chi connectivity index (χ2v) is 5.39. The zero-order chi connectivity index (χ0) is 15.1. The van der Waals surface area contributed by atoms with Crippen molar-refractivity contribution in [1.29, 1.82) is 0 Å². The summed E-state index contributed by atoms with van der Waals surface area (Å²) in [5, 5.41) is 3.41. The third kappa shape index (κ3) is 4.33. The first-order valence-electron chi connectivity index (χ1n) is 7.65. The number of aryl methyl sites for hydroxylation is 1. The topological polar surface area (TPSA) is 21.3 Å². The molecule has 0 aliphatic carbocycles. The Balaban J connectivity index is 2.11. The molecule has 0 aliphatic rings. The highest BCUT2D eigenvalue weighted by molar-refractivity contribution is 5.31. The Morgan fingerprint density at radius 1 is 1.05 bits per heavy atom. The lowest BCUT2D eigenvalue weighted by atomic mass is 9.97. The van der Waals surface area contributed by atoms with E-state index in [1.165, 1.54) is 23.1 Å². The summed E-state index contributed by atoms with van der Waals surface area (Å²) in [6, 6.07) is 17.6. The van der Waals surface area contributed by atoms with E-state index < -0.39 is 0 Å². The van der Waals surface area contributed by atoms with Crippen LogP contribution in [0.5, 0.6) is 5.75 Å². The van der Waals surface area contributed by atoms with Crippen molar-refractivity contribution in [2.45, 2.75) is 32.2 Å². The molecular formula is C19H25NO. The molecule has 0 saturated heterocycles. The zero-order valence-corrected chi connectivity index (χ0v) is 13.2. The Morgan fingerprint density at radius 3 is 2.43 bits per heavy atom. The van der Waals surface area contributed by atoms with E-state index in [9.17, 15) is 0 Å². The molecule has 2 rings (SSSR count). The van der Waals surface area contributed by atoms with Crippen LogP contribution in [0, 0.1) is 0 Å². The number of rotatable bonds is 7. The monoisotopic (exact) mass is 283 g/mol. The highest BCUT2D eigenvalue weighted by Crippen LogP contribution is 2.21. The van der Waals surface area contributed by atoms with Crippen molar-refractivity contribution in [3.05, 3.63) is 65.2 Å². The van der Waals surface area contributed by atoms with Crippen molar-refractivity contribution < 1.29 is 4.74 Å². The highest BCUT2D eigenvalue weighted by atomic mass is 16.5. The van der Waals surface area contributed by atoms with E-state index in [-0.39, 0.29) is 0 Å². The fourth-order valence-corrected chi connectivity index (χ4v) is 2.63. The first-order valence-corrected chi connectivity index (χ1v) is 7.65. The second-order valence-electron chi connectivity index (χ2n) is 5.39. The minimum atomic E-state index is 0.327. The number of methoxy groups -OCH3 is 1. The van der Waals surface area contributed by atoms with Gasteiger partial charge in [0.25, 0.3) is 0 Å². The first kappa shape index (κ1) is 15.6. The van der Waals surface area contributed by atoms with Crippen LogP contribution in [-0.2, 0) is 12.8 Å². The van der Waals surface area contributed by atoms with Gasteiger partial charge >= 0.3 is 0 Å². The van der Waals surface area contributed by atoms with Gasteiger partial charge in [-0.1, -0.05) is 49.7 Å². The van der Waals surface area contributed by atoms with Gasteiger partial charge in [-0.3, -0.25) is 0 Å². The molecule has 21 heavy (non-hydrogen) atoms. The predicted molar refractivity (Wildman–Crippen MR) is 88.9 cm³/mol. The van der Waals surface area contributed by atoms with Gasteiger partial charge < -0.3 is 10.1 Å². The van der Waals surface area contributed by atoms with Crippen LogP contribution in [0.15, 0.2) is 48.5 Å². The van der Waals surface area contributed by atoms with Crippen molar-refractivity contribution in [3.63, 3.8) is 0 Å². The molecule has 2 aromatic rings. The lowest BCUT2D eigenvalue weighted by molar-refractivity contribution is 0.414. The van der Waals surface area contributed by atoms with E-state index in [1.54, 1.807) is 7.11 Å². The van der Waals surface area contributed by atoms with E-state index in [0.29, 0.717) is 6.04 Å². The molecule has 0 fully saturated rings. The molecule has 2 heteroatoms. The molecule has 2 nitrogen and oxygen atoms in total. The standard InChI is InChI=1S/C19H25NO/c1-4-6-15-9-11-17(12-10-15)19(20-2)14-16-7-5-8-18(13-16)21-3/h5,7-13,19-20H,4,6,14H2,1-3H3. The summed E-state index contributed by atoms with van der Waals surface area (Å²) in [6.45, 7) is 2.22. The van der Waals surface area contributed by atoms with Gasteiger partial charge in [-0.15, -0.1) is 0 Å². The molecule has 0 radical (unpaired) electrons. The molecule has 0 aliphatic heterocycles. The van der Waals surface area contributed by atoms with Crippen molar-refractivity contribution in [3.8, 4) is 5.75 Å². The van der Waals surface area contributed by atoms with Crippen LogP contribution >= 0.6 is 0 Å². The summed E-state index contributed by atoms with van der Waals surface area (Å²) in [4.78, 5) is 0. The summed E-state index contributed by atoms with van der Waals surface area (Å²) >= 11 is 0. The third-order valence-electron chi connectivity index (χ3n) is 3.84. The van der Waals surface area contributed by atoms with Gasteiger partial charge in [-0.05, 0) is 48.7 Å². The Hall–Kier alpha value is -1.80. The average molecular weight is 283 g/mol. The molecule has 0 bridgehead atoms. The number of ether oxygens (including phenoxy) is 1. The fraction of sp³-hybridized carbons (Fsp3) is 0.368. The highest BCUT2D eigenvalue weighted by Gasteiger charge is 2.10. The maximum Gasteiger partial charge on any atom is 0.119 e. The van der Waals surface area contributed by atoms with Crippen LogP contribution in [0.25, 0.3) is 0 Å². The molecule has 112 valence electrons. The van der Waals surface area contributed by atoms with Gasteiger partial charge in [0.15, 0.2) is 0 Å². The van der Waals surface area contributed by atoms with E-state index in [4.69, 9.17) is 4.74 Å². The number of hydrogen-bond donors (Lipinski definition) is 1. The van der Waals surface area contributed by atoms with Crippen LogP contribution in [0.2, 0.25) is 0 Å². The van der Waals surface area contributed by atoms with Crippen molar-refractivity contribution >= 4 is 0 Å². The van der Waals surface area contributed by atoms with Crippen LogP contribution in [-0.4, -0.2) is 14.2 Å². The normalized spacial score (nSPS) is 12.1. The lowest BCUT2D eigenvalue weighted by Gasteiger charge is -2.17.